The summed E-state index contributed by atoms with van der Waals surface area (Å²) in [5, 5.41) is 12.7. The first-order valence-electron chi connectivity index (χ1n) is 5.98. The lowest BCUT2D eigenvalue weighted by Crippen LogP contribution is -2.30. The molecule has 0 saturated carbocycles. The molecule has 0 aliphatic carbocycles. The molecule has 0 amide bonds. The molecule has 0 radical (unpaired) electrons. The summed E-state index contributed by atoms with van der Waals surface area (Å²) in [4.78, 5) is 0.180. The minimum absolute atomic E-state index is 0.180. The van der Waals surface area contributed by atoms with Crippen LogP contribution in [0.2, 0.25) is 0 Å². The van der Waals surface area contributed by atoms with Gasteiger partial charge in [0.1, 0.15) is 0 Å². The fourth-order valence-electron chi connectivity index (χ4n) is 1.68. The minimum atomic E-state index is -3.53. The van der Waals surface area contributed by atoms with Crippen LogP contribution in [0.4, 0.5) is 0 Å². The molecule has 1 heterocycles. The topological polar surface area (TPSA) is 79.0 Å². The van der Waals surface area contributed by atoms with Crippen LogP contribution in [-0.4, -0.2) is 36.1 Å². The Morgan fingerprint density at radius 1 is 1.35 bits per heavy atom. The normalized spacial score (nSPS) is 11.4. The van der Waals surface area contributed by atoms with Gasteiger partial charge < -0.3 is 0 Å². The summed E-state index contributed by atoms with van der Waals surface area (Å²) in [5.41, 5.74) is 0.433. The fraction of sp³-hybridized carbons (Fsp3) is 0.231. The highest BCUT2D eigenvalue weighted by Crippen LogP contribution is 2.14. The number of sulfonamides is 1. The average Bonchev–Trinajstić information content (AvgIpc) is 2.98. The van der Waals surface area contributed by atoms with E-state index in [0.717, 1.165) is 0 Å². The van der Waals surface area contributed by atoms with Crippen molar-refractivity contribution in [2.24, 2.45) is 0 Å². The highest BCUT2D eigenvalue weighted by molar-refractivity contribution is 7.89. The smallest absolute Gasteiger partial charge is 0.242 e. The molecule has 2 aromatic rings. The second-order valence-corrected chi connectivity index (χ2v) is 6.28. The van der Waals surface area contributed by atoms with Crippen molar-refractivity contribution in [3.8, 4) is 6.07 Å². The van der Waals surface area contributed by atoms with Gasteiger partial charge in [0.05, 0.1) is 23.1 Å². The molecule has 0 aliphatic heterocycles. The summed E-state index contributed by atoms with van der Waals surface area (Å²) in [6.45, 7) is 0.809. The summed E-state index contributed by atoms with van der Waals surface area (Å²) in [6, 6.07) is 9.62. The van der Waals surface area contributed by atoms with Crippen molar-refractivity contribution >= 4 is 10.0 Å². The quantitative estimate of drug-likeness (QED) is 0.825. The van der Waals surface area contributed by atoms with E-state index in [2.05, 4.69) is 5.10 Å². The molecule has 7 heteroatoms. The predicted molar refractivity (Wildman–Crippen MR) is 73.2 cm³/mol. The molecule has 1 aromatic carbocycles. The molecule has 0 fully saturated rings. The summed E-state index contributed by atoms with van der Waals surface area (Å²) in [7, 11) is -2.01. The van der Waals surface area contributed by atoms with Crippen LogP contribution in [0.25, 0.3) is 0 Å². The van der Waals surface area contributed by atoms with Crippen LogP contribution >= 0.6 is 0 Å². The third-order valence-electron chi connectivity index (χ3n) is 2.89. The second-order valence-electron chi connectivity index (χ2n) is 4.23. The molecule has 2 rings (SSSR count). The van der Waals surface area contributed by atoms with Crippen LogP contribution in [0, 0.1) is 11.3 Å². The van der Waals surface area contributed by atoms with Gasteiger partial charge in [0.2, 0.25) is 10.0 Å². The second kappa shape index (κ2) is 5.86. The maximum Gasteiger partial charge on any atom is 0.242 e. The number of nitrogens with zero attached hydrogens (tertiary/aromatic N) is 4. The largest absolute Gasteiger partial charge is 0.271 e. The van der Waals surface area contributed by atoms with Crippen molar-refractivity contribution in [3.05, 3.63) is 48.3 Å². The summed E-state index contributed by atoms with van der Waals surface area (Å²) in [6.07, 6.45) is 3.43. The lowest BCUT2D eigenvalue weighted by atomic mass is 10.2. The Balaban J connectivity index is 2.10. The lowest BCUT2D eigenvalue weighted by Gasteiger charge is -2.17. The number of likely N-dealkylation sites (N-methyl/N-ethyl adjacent to an activating group) is 1. The zero-order valence-electron chi connectivity index (χ0n) is 11.0. The first-order valence-corrected chi connectivity index (χ1v) is 7.42. The van der Waals surface area contributed by atoms with E-state index in [1.54, 1.807) is 23.1 Å². The van der Waals surface area contributed by atoms with Crippen molar-refractivity contribution < 1.29 is 8.42 Å². The average molecular weight is 290 g/mol. The lowest BCUT2D eigenvalue weighted by molar-refractivity contribution is 0.433. The van der Waals surface area contributed by atoms with Crippen LogP contribution in [0.1, 0.15) is 5.56 Å². The molecule has 0 spiro atoms. The van der Waals surface area contributed by atoms with Crippen LogP contribution in [0.15, 0.2) is 47.6 Å². The number of aromatic nitrogens is 2. The van der Waals surface area contributed by atoms with Crippen LogP contribution in [0.3, 0.4) is 0 Å². The van der Waals surface area contributed by atoms with E-state index in [4.69, 9.17) is 5.26 Å². The van der Waals surface area contributed by atoms with E-state index in [-0.39, 0.29) is 4.90 Å². The zero-order chi connectivity index (χ0) is 14.6. The van der Waals surface area contributed by atoms with Gasteiger partial charge >= 0.3 is 0 Å². The summed E-state index contributed by atoms with van der Waals surface area (Å²) >= 11 is 0. The van der Waals surface area contributed by atoms with E-state index in [1.807, 2.05) is 6.07 Å². The standard InChI is InChI=1S/C13H14N4O2S/c1-16(9-10-17-8-2-7-15-17)20(18,19)13-5-3-12(11-14)4-6-13/h2-8H,9-10H2,1H3. The molecular weight excluding hydrogens is 276 g/mol. The van der Waals surface area contributed by atoms with Crippen LogP contribution in [0.5, 0.6) is 0 Å². The fourth-order valence-corrected chi connectivity index (χ4v) is 2.84. The molecule has 0 N–H and O–H groups in total. The van der Waals surface area contributed by atoms with Gasteiger partial charge in [-0.05, 0) is 30.3 Å². The Morgan fingerprint density at radius 3 is 2.60 bits per heavy atom. The zero-order valence-corrected chi connectivity index (χ0v) is 11.8. The maximum absolute atomic E-state index is 12.3. The van der Waals surface area contributed by atoms with E-state index in [9.17, 15) is 8.42 Å². The SMILES string of the molecule is CN(CCn1cccn1)S(=O)(=O)c1ccc(C#N)cc1. The van der Waals surface area contributed by atoms with Crippen molar-refractivity contribution in [2.75, 3.05) is 13.6 Å². The third-order valence-corrected chi connectivity index (χ3v) is 4.77. The molecule has 0 saturated heterocycles. The van der Waals surface area contributed by atoms with Gasteiger partial charge in [-0.2, -0.15) is 14.7 Å². The number of nitriles is 1. The molecule has 0 atom stereocenters. The first kappa shape index (κ1) is 14.2. The minimum Gasteiger partial charge on any atom is -0.271 e. The van der Waals surface area contributed by atoms with E-state index >= 15 is 0 Å². The highest BCUT2D eigenvalue weighted by atomic mass is 32.2. The highest BCUT2D eigenvalue weighted by Gasteiger charge is 2.20. The Labute approximate surface area is 117 Å². The van der Waals surface area contributed by atoms with Gasteiger partial charge in [0.15, 0.2) is 0 Å². The van der Waals surface area contributed by atoms with Crippen molar-refractivity contribution in [1.29, 1.82) is 5.26 Å². The van der Waals surface area contributed by atoms with Crippen LogP contribution < -0.4 is 0 Å². The van der Waals surface area contributed by atoms with Crippen molar-refractivity contribution in [2.45, 2.75) is 11.4 Å². The van der Waals surface area contributed by atoms with E-state index in [1.165, 1.54) is 35.6 Å². The Hall–Kier alpha value is -2.17. The number of hydrogen-bond acceptors (Lipinski definition) is 4. The van der Waals surface area contributed by atoms with Gasteiger partial charge in [0, 0.05) is 26.0 Å². The van der Waals surface area contributed by atoms with Gasteiger partial charge in [0.25, 0.3) is 0 Å². The van der Waals surface area contributed by atoms with Gasteiger partial charge in [-0.25, -0.2) is 8.42 Å². The molecule has 20 heavy (non-hydrogen) atoms. The summed E-state index contributed by atoms with van der Waals surface area (Å²) in [5.74, 6) is 0. The maximum atomic E-state index is 12.3. The van der Waals surface area contributed by atoms with Crippen LogP contribution in [-0.2, 0) is 16.6 Å². The molecule has 0 unspecified atom stereocenters. The number of benzene rings is 1. The number of rotatable bonds is 5. The molecule has 0 aliphatic rings. The number of hydrogen-bond donors (Lipinski definition) is 0. The van der Waals surface area contributed by atoms with Gasteiger partial charge in [-0.3, -0.25) is 4.68 Å². The summed E-state index contributed by atoms with van der Waals surface area (Å²) < 4.78 is 27.6. The van der Waals surface area contributed by atoms with Gasteiger partial charge in [-0.15, -0.1) is 0 Å². The Morgan fingerprint density at radius 2 is 2.05 bits per heavy atom. The molecule has 0 bridgehead atoms. The van der Waals surface area contributed by atoms with Crippen molar-refractivity contribution in [1.82, 2.24) is 14.1 Å². The Bertz CT molecular complexity index is 700. The van der Waals surface area contributed by atoms with Gasteiger partial charge in [-0.1, -0.05) is 0 Å². The van der Waals surface area contributed by atoms with E-state index < -0.39 is 10.0 Å². The molecule has 6 nitrogen and oxygen atoms in total. The van der Waals surface area contributed by atoms with Crippen molar-refractivity contribution in [3.63, 3.8) is 0 Å². The van der Waals surface area contributed by atoms with E-state index in [0.29, 0.717) is 18.7 Å². The Kier molecular flexibility index (Phi) is 4.17. The molecular formula is C13H14N4O2S. The monoisotopic (exact) mass is 290 g/mol. The predicted octanol–water partition coefficient (Wildman–Crippen LogP) is 1.08. The molecule has 1 aromatic heterocycles. The molecule has 104 valence electrons. The first-order chi connectivity index (χ1) is 9.54. The third kappa shape index (κ3) is 3.04.